The van der Waals surface area contributed by atoms with E-state index in [2.05, 4.69) is 10.00 Å². The zero-order chi connectivity index (χ0) is 22.8. The molecule has 1 aliphatic heterocycles. The number of carbonyl (C=O) groups excluding carboxylic acids is 1. The van der Waals surface area contributed by atoms with Gasteiger partial charge in [0.2, 0.25) is 5.69 Å². The quantitative estimate of drug-likeness (QED) is 0.601. The summed E-state index contributed by atoms with van der Waals surface area (Å²) in [6.07, 6.45) is 0. The van der Waals surface area contributed by atoms with Gasteiger partial charge in [0.05, 0.1) is 12.2 Å². The fourth-order valence-electron chi connectivity index (χ4n) is 3.67. The molecule has 2 heterocycles. The number of likely N-dealkylation sites (N-methyl/N-ethyl adjacent to an activating group) is 1. The van der Waals surface area contributed by atoms with Crippen molar-refractivity contribution in [2.75, 3.05) is 33.2 Å². The van der Waals surface area contributed by atoms with E-state index in [0.29, 0.717) is 42.5 Å². The lowest BCUT2D eigenvalue weighted by Gasteiger charge is -2.32. The first-order chi connectivity index (χ1) is 15.3. The summed E-state index contributed by atoms with van der Waals surface area (Å²) >= 11 is 6.27. The van der Waals surface area contributed by atoms with Crippen molar-refractivity contribution in [3.63, 3.8) is 0 Å². The standard InChI is InChI=1S/C23H24ClN5O3/c1-16-6-5-8-18(14-16)29-23(32)28(15-17-7-3-4-9-19(17)24)22(31)20(25-29)21(30)27-12-10-26(2)11-13-27/h3-9,14H,10-13,15H2,1-2H3. The highest BCUT2D eigenvalue weighted by Gasteiger charge is 2.27. The number of rotatable bonds is 4. The molecule has 1 aliphatic rings. The van der Waals surface area contributed by atoms with E-state index in [1.807, 2.05) is 20.0 Å². The summed E-state index contributed by atoms with van der Waals surface area (Å²) in [7, 11) is 1.98. The van der Waals surface area contributed by atoms with Crippen molar-refractivity contribution in [2.24, 2.45) is 0 Å². The largest absolute Gasteiger partial charge is 0.352 e. The van der Waals surface area contributed by atoms with Crippen LogP contribution in [0.25, 0.3) is 5.69 Å². The molecule has 0 saturated carbocycles. The molecule has 8 nitrogen and oxygen atoms in total. The van der Waals surface area contributed by atoms with Crippen LogP contribution < -0.4 is 11.2 Å². The molecule has 1 amide bonds. The predicted octanol–water partition coefficient (Wildman–Crippen LogP) is 1.79. The molecule has 0 unspecified atom stereocenters. The van der Waals surface area contributed by atoms with Crippen LogP contribution in [0, 0.1) is 6.92 Å². The van der Waals surface area contributed by atoms with Gasteiger partial charge in [0, 0.05) is 31.2 Å². The predicted molar refractivity (Wildman–Crippen MR) is 123 cm³/mol. The van der Waals surface area contributed by atoms with Crippen molar-refractivity contribution in [1.82, 2.24) is 24.1 Å². The van der Waals surface area contributed by atoms with E-state index in [1.165, 1.54) is 0 Å². The van der Waals surface area contributed by atoms with Crippen LogP contribution in [-0.2, 0) is 6.54 Å². The summed E-state index contributed by atoms with van der Waals surface area (Å²) in [4.78, 5) is 43.6. The highest BCUT2D eigenvalue weighted by atomic mass is 35.5. The molecule has 0 atom stereocenters. The molecule has 2 aromatic carbocycles. The Morgan fingerprint density at radius 2 is 1.75 bits per heavy atom. The van der Waals surface area contributed by atoms with Gasteiger partial charge in [0.25, 0.3) is 11.5 Å². The Balaban J connectivity index is 1.87. The van der Waals surface area contributed by atoms with Gasteiger partial charge in [0.15, 0.2) is 0 Å². The minimum absolute atomic E-state index is 0.0608. The number of piperazine rings is 1. The van der Waals surface area contributed by atoms with Crippen molar-refractivity contribution < 1.29 is 4.79 Å². The molecule has 1 fully saturated rings. The van der Waals surface area contributed by atoms with E-state index in [1.54, 1.807) is 47.4 Å². The van der Waals surface area contributed by atoms with E-state index in [-0.39, 0.29) is 12.2 Å². The van der Waals surface area contributed by atoms with Gasteiger partial charge in [-0.25, -0.2) is 4.79 Å². The number of aryl methyl sites for hydroxylation is 1. The SMILES string of the molecule is Cc1cccc(-n2nc(C(=O)N3CCN(C)CC3)c(=O)n(Cc3ccccc3Cl)c2=O)c1. The monoisotopic (exact) mass is 453 g/mol. The van der Waals surface area contributed by atoms with Gasteiger partial charge in [-0.3, -0.25) is 14.2 Å². The summed E-state index contributed by atoms with van der Waals surface area (Å²) in [5.41, 5.74) is 0.386. The van der Waals surface area contributed by atoms with E-state index in [0.717, 1.165) is 14.8 Å². The smallest absolute Gasteiger partial charge is 0.335 e. The molecule has 0 N–H and O–H groups in total. The second-order valence-electron chi connectivity index (χ2n) is 7.96. The minimum atomic E-state index is -0.720. The summed E-state index contributed by atoms with van der Waals surface area (Å²) < 4.78 is 2.15. The first kappa shape index (κ1) is 22.0. The molecule has 0 radical (unpaired) electrons. The molecular weight excluding hydrogens is 430 g/mol. The summed E-state index contributed by atoms with van der Waals surface area (Å²) in [6.45, 7) is 4.22. The Labute approximate surface area is 190 Å². The third-order valence-corrected chi connectivity index (χ3v) is 5.95. The van der Waals surface area contributed by atoms with Crippen LogP contribution in [0.5, 0.6) is 0 Å². The molecule has 32 heavy (non-hydrogen) atoms. The number of aromatic nitrogens is 3. The number of hydrogen-bond acceptors (Lipinski definition) is 5. The number of amides is 1. The lowest BCUT2D eigenvalue weighted by atomic mass is 10.2. The molecule has 3 aromatic rings. The Kier molecular flexibility index (Phi) is 6.25. The Bertz CT molecular complexity index is 1280. The lowest BCUT2D eigenvalue weighted by Crippen LogP contribution is -2.51. The zero-order valence-electron chi connectivity index (χ0n) is 18.0. The molecule has 0 aliphatic carbocycles. The third kappa shape index (κ3) is 4.37. The Morgan fingerprint density at radius 3 is 2.44 bits per heavy atom. The van der Waals surface area contributed by atoms with Crippen molar-refractivity contribution in [2.45, 2.75) is 13.5 Å². The van der Waals surface area contributed by atoms with Gasteiger partial charge in [0.1, 0.15) is 0 Å². The van der Waals surface area contributed by atoms with Crippen LogP contribution in [0.2, 0.25) is 5.02 Å². The molecule has 9 heteroatoms. The van der Waals surface area contributed by atoms with E-state index >= 15 is 0 Å². The van der Waals surface area contributed by atoms with Crippen LogP contribution in [0.4, 0.5) is 0 Å². The highest BCUT2D eigenvalue weighted by Crippen LogP contribution is 2.15. The fourth-order valence-corrected chi connectivity index (χ4v) is 3.87. The molecule has 0 bridgehead atoms. The van der Waals surface area contributed by atoms with Crippen molar-refractivity contribution in [3.8, 4) is 5.69 Å². The molecule has 1 saturated heterocycles. The summed E-state index contributed by atoms with van der Waals surface area (Å²) in [6, 6.07) is 14.2. The summed E-state index contributed by atoms with van der Waals surface area (Å²) in [5, 5.41) is 4.67. The maximum atomic E-state index is 13.3. The summed E-state index contributed by atoms with van der Waals surface area (Å²) in [5.74, 6) is -0.475. The van der Waals surface area contributed by atoms with Gasteiger partial charge in [-0.2, -0.15) is 9.78 Å². The van der Waals surface area contributed by atoms with Crippen molar-refractivity contribution in [3.05, 3.63) is 91.2 Å². The number of nitrogens with zero attached hydrogens (tertiary/aromatic N) is 5. The average molecular weight is 454 g/mol. The van der Waals surface area contributed by atoms with Gasteiger partial charge in [-0.05, 0) is 43.3 Å². The molecular formula is C23H24ClN5O3. The third-order valence-electron chi connectivity index (χ3n) is 5.59. The fraction of sp³-hybridized carbons (Fsp3) is 0.304. The molecule has 166 valence electrons. The van der Waals surface area contributed by atoms with Crippen molar-refractivity contribution in [1.29, 1.82) is 0 Å². The van der Waals surface area contributed by atoms with Gasteiger partial charge in [-0.15, -0.1) is 0 Å². The zero-order valence-corrected chi connectivity index (χ0v) is 18.7. The Hall–Kier alpha value is -3.23. The molecule has 0 spiro atoms. The van der Waals surface area contributed by atoms with Crippen LogP contribution in [0.1, 0.15) is 21.6 Å². The van der Waals surface area contributed by atoms with Gasteiger partial charge in [-0.1, -0.05) is 41.9 Å². The Morgan fingerprint density at radius 1 is 1.03 bits per heavy atom. The van der Waals surface area contributed by atoms with Crippen LogP contribution in [-0.4, -0.2) is 63.3 Å². The van der Waals surface area contributed by atoms with E-state index in [4.69, 9.17) is 11.6 Å². The highest BCUT2D eigenvalue weighted by molar-refractivity contribution is 6.31. The maximum Gasteiger partial charge on any atom is 0.352 e. The second kappa shape index (κ2) is 9.10. The first-order valence-electron chi connectivity index (χ1n) is 10.4. The number of hydrogen-bond donors (Lipinski definition) is 0. The van der Waals surface area contributed by atoms with Crippen LogP contribution in [0.15, 0.2) is 58.1 Å². The number of halogens is 1. The van der Waals surface area contributed by atoms with Gasteiger partial charge >= 0.3 is 5.69 Å². The lowest BCUT2D eigenvalue weighted by molar-refractivity contribution is 0.0652. The average Bonchev–Trinajstić information content (AvgIpc) is 2.78. The van der Waals surface area contributed by atoms with Crippen LogP contribution in [0.3, 0.4) is 0 Å². The number of carbonyl (C=O) groups is 1. The van der Waals surface area contributed by atoms with E-state index in [9.17, 15) is 14.4 Å². The van der Waals surface area contributed by atoms with Crippen LogP contribution >= 0.6 is 11.6 Å². The maximum absolute atomic E-state index is 13.3. The first-order valence-corrected chi connectivity index (χ1v) is 10.8. The topological polar surface area (TPSA) is 80.4 Å². The number of benzene rings is 2. The van der Waals surface area contributed by atoms with Crippen molar-refractivity contribution >= 4 is 17.5 Å². The molecule has 1 aromatic heterocycles. The minimum Gasteiger partial charge on any atom is -0.335 e. The molecule has 4 rings (SSSR count). The second-order valence-corrected chi connectivity index (χ2v) is 8.37. The van der Waals surface area contributed by atoms with Gasteiger partial charge < -0.3 is 9.80 Å². The normalized spacial score (nSPS) is 14.5. The van der Waals surface area contributed by atoms with E-state index < -0.39 is 17.2 Å².